The lowest BCUT2D eigenvalue weighted by Crippen LogP contribution is -2.15. The Bertz CT molecular complexity index is 390. The summed E-state index contributed by atoms with van der Waals surface area (Å²) in [7, 11) is 0. The fraction of sp³-hybridized carbons (Fsp3) is 0.400. The quantitative estimate of drug-likeness (QED) is 0.873. The van der Waals surface area contributed by atoms with Crippen molar-refractivity contribution in [2.24, 2.45) is 0 Å². The Hall–Kier alpha value is -1.59. The van der Waals surface area contributed by atoms with Gasteiger partial charge >= 0.3 is 12.1 Å². The molecule has 3 nitrogen and oxygen atoms in total. The van der Waals surface area contributed by atoms with E-state index in [4.69, 9.17) is 5.11 Å². The van der Waals surface area contributed by atoms with Crippen molar-refractivity contribution in [2.75, 3.05) is 0 Å². The predicted octanol–water partition coefficient (Wildman–Crippen LogP) is 2.68. The first-order valence-electron chi connectivity index (χ1n) is 4.63. The number of carboxylic acids is 1. The number of nitrogens with zero attached hydrogens (tertiary/aromatic N) is 1. The molecule has 0 fully saturated rings. The van der Waals surface area contributed by atoms with E-state index in [0.29, 0.717) is 0 Å². The van der Waals surface area contributed by atoms with Crippen LogP contribution in [0.2, 0.25) is 0 Å². The molecule has 1 N–H and O–H groups in total. The highest BCUT2D eigenvalue weighted by molar-refractivity contribution is 5.75. The Morgan fingerprint density at radius 3 is 2.56 bits per heavy atom. The number of aliphatic carboxylic acids is 1. The minimum absolute atomic E-state index is 0.0650. The van der Waals surface area contributed by atoms with Gasteiger partial charge in [-0.15, -0.1) is 0 Å². The number of rotatable bonds is 3. The van der Waals surface area contributed by atoms with Crippen LogP contribution in [0.15, 0.2) is 18.2 Å². The van der Waals surface area contributed by atoms with E-state index in [-0.39, 0.29) is 12.1 Å². The van der Waals surface area contributed by atoms with Gasteiger partial charge in [0.1, 0.15) is 5.69 Å². The number of carbonyl (C=O) groups is 1. The number of pyridine rings is 1. The summed E-state index contributed by atoms with van der Waals surface area (Å²) in [5.41, 5.74) is -1.13. The highest BCUT2D eigenvalue weighted by atomic mass is 19.4. The highest BCUT2D eigenvalue weighted by Gasteiger charge is 2.33. The van der Waals surface area contributed by atoms with Crippen molar-refractivity contribution in [3.05, 3.63) is 29.6 Å². The molecule has 1 unspecified atom stereocenters. The first kappa shape index (κ1) is 12.5. The van der Waals surface area contributed by atoms with Gasteiger partial charge in [-0.3, -0.25) is 4.79 Å². The Balaban J connectivity index is 3.11. The Labute approximate surface area is 89.9 Å². The molecule has 1 heterocycles. The van der Waals surface area contributed by atoms with Crippen LogP contribution < -0.4 is 0 Å². The third-order valence-corrected chi connectivity index (χ3v) is 2.12. The average Bonchev–Trinajstić information content (AvgIpc) is 2.17. The van der Waals surface area contributed by atoms with Gasteiger partial charge in [-0.2, -0.15) is 13.2 Å². The van der Waals surface area contributed by atoms with Gasteiger partial charge in [0.2, 0.25) is 0 Å². The van der Waals surface area contributed by atoms with E-state index in [2.05, 4.69) is 4.98 Å². The first-order chi connectivity index (χ1) is 7.36. The molecule has 1 atom stereocenters. The standard InChI is InChI=1S/C10H10F3NO2/c1-2-6(9(15)16)7-4-3-5-8(14-7)10(11,12)13/h3-6H,2H2,1H3,(H,15,16). The Morgan fingerprint density at radius 2 is 2.12 bits per heavy atom. The molecule has 0 aliphatic rings. The highest BCUT2D eigenvalue weighted by Crippen LogP contribution is 2.29. The SMILES string of the molecule is CCC(C(=O)O)c1cccc(C(F)(F)F)n1. The molecule has 0 spiro atoms. The molecule has 16 heavy (non-hydrogen) atoms. The molecule has 0 aromatic carbocycles. The Morgan fingerprint density at radius 1 is 1.50 bits per heavy atom. The lowest BCUT2D eigenvalue weighted by Gasteiger charge is -2.11. The van der Waals surface area contributed by atoms with Crippen molar-refractivity contribution in [3.8, 4) is 0 Å². The number of hydrogen-bond donors (Lipinski definition) is 1. The van der Waals surface area contributed by atoms with Gasteiger partial charge in [-0.1, -0.05) is 13.0 Å². The summed E-state index contributed by atoms with van der Waals surface area (Å²) in [6.45, 7) is 1.58. The summed E-state index contributed by atoms with van der Waals surface area (Å²) in [5.74, 6) is -2.17. The van der Waals surface area contributed by atoms with E-state index in [1.54, 1.807) is 6.92 Å². The zero-order valence-corrected chi connectivity index (χ0v) is 8.45. The number of alkyl halides is 3. The normalized spacial score (nSPS) is 13.5. The molecule has 0 aliphatic carbocycles. The van der Waals surface area contributed by atoms with Crippen LogP contribution in [0, 0.1) is 0 Å². The van der Waals surface area contributed by atoms with E-state index in [1.165, 1.54) is 6.07 Å². The van der Waals surface area contributed by atoms with Crippen LogP contribution in [0.4, 0.5) is 13.2 Å². The summed E-state index contributed by atoms with van der Waals surface area (Å²) in [5, 5.41) is 8.80. The van der Waals surface area contributed by atoms with Crippen LogP contribution in [0.5, 0.6) is 0 Å². The van der Waals surface area contributed by atoms with Crippen molar-refractivity contribution in [1.82, 2.24) is 4.98 Å². The van der Waals surface area contributed by atoms with Crippen LogP contribution in [0.25, 0.3) is 0 Å². The molecule has 0 radical (unpaired) electrons. The second-order valence-corrected chi connectivity index (χ2v) is 3.24. The maximum atomic E-state index is 12.3. The summed E-state index contributed by atoms with van der Waals surface area (Å²) in [4.78, 5) is 14.1. The summed E-state index contributed by atoms with van der Waals surface area (Å²) < 4.78 is 37.0. The minimum atomic E-state index is -4.55. The van der Waals surface area contributed by atoms with Gasteiger partial charge in [-0.25, -0.2) is 4.98 Å². The molecule has 1 aromatic heterocycles. The fourth-order valence-corrected chi connectivity index (χ4v) is 1.31. The number of hydrogen-bond acceptors (Lipinski definition) is 2. The topological polar surface area (TPSA) is 50.2 Å². The predicted molar refractivity (Wildman–Crippen MR) is 49.9 cm³/mol. The van der Waals surface area contributed by atoms with Crippen molar-refractivity contribution in [1.29, 1.82) is 0 Å². The summed E-state index contributed by atoms with van der Waals surface area (Å²) >= 11 is 0. The average molecular weight is 233 g/mol. The number of halogens is 3. The molecule has 6 heteroatoms. The molecule has 0 amide bonds. The van der Waals surface area contributed by atoms with Crippen LogP contribution in [-0.2, 0) is 11.0 Å². The van der Waals surface area contributed by atoms with Gasteiger partial charge in [0, 0.05) is 0 Å². The monoisotopic (exact) mass is 233 g/mol. The van der Waals surface area contributed by atoms with E-state index in [1.807, 2.05) is 0 Å². The van der Waals surface area contributed by atoms with Crippen LogP contribution in [0.1, 0.15) is 30.7 Å². The molecule has 1 rings (SSSR count). The molecular weight excluding hydrogens is 223 g/mol. The lowest BCUT2D eigenvalue weighted by molar-refractivity contribution is -0.142. The van der Waals surface area contributed by atoms with E-state index >= 15 is 0 Å². The van der Waals surface area contributed by atoms with E-state index in [0.717, 1.165) is 12.1 Å². The van der Waals surface area contributed by atoms with Gasteiger partial charge in [0.05, 0.1) is 11.6 Å². The van der Waals surface area contributed by atoms with Crippen molar-refractivity contribution < 1.29 is 23.1 Å². The summed E-state index contributed by atoms with van der Waals surface area (Å²) in [6, 6.07) is 3.27. The molecule has 0 saturated carbocycles. The van der Waals surface area contributed by atoms with Gasteiger partial charge in [0.25, 0.3) is 0 Å². The smallest absolute Gasteiger partial charge is 0.433 e. The largest absolute Gasteiger partial charge is 0.481 e. The third-order valence-electron chi connectivity index (χ3n) is 2.12. The van der Waals surface area contributed by atoms with Gasteiger partial charge in [0.15, 0.2) is 0 Å². The molecule has 1 aromatic rings. The van der Waals surface area contributed by atoms with Crippen LogP contribution >= 0.6 is 0 Å². The van der Waals surface area contributed by atoms with Crippen molar-refractivity contribution in [3.63, 3.8) is 0 Å². The van der Waals surface area contributed by atoms with Crippen LogP contribution in [0.3, 0.4) is 0 Å². The fourth-order valence-electron chi connectivity index (χ4n) is 1.31. The first-order valence-corrected chi connectivity index (χ1v) is 4.63. The van der Waals surface area contributed by atoms with Crippen molar-refractivity contribution in [2.45, 2.75) is 25.4 Å². The Kier molecular flexibility index (Phi) is 3.51. The number of aromatic nitrogens is 1. The molecule has 0 saturated heterocycles. The number of carboxylic acid groups (broad SMARTS) is 1. The van der Waals surface area contributed by atoms with Gasteiger partial charge in [-0.05, 0) is 18.6 Å². The summed E-state index contributed by atoms with van der Waals surface area (Å²) in [6.07, 6.45) is -4.35. The van der Waals surface area contributed by atoms with Crippen molar-refractivity contribution >= 4 is 5.97 Å². The third kappa shape index (κ3) is 2.71. The second-order valence-electron chi connectivity index (χ2n) is 3.24. The molecule has 88 valence electrons. The minimum Gasteiger partial charge on any atom is -0.481 e. The second kappa shape index (κ2) is 4.51. The zero-order chi connectivity index (χ0) is 12.3. The maximum absolute atomic E-state index is 12.3. The maximum Gasteiger partial charge on any atom is 0.433 e. The molecule has 0 aliphatic heterocycles. The van der Waals surface area contributed by atoms with Crippen LogP contribution in [-0.4, -0.2) is 16.1 Å². The molecule has 0 bridgehead atoms. The van der Waals surface area contributed by atoms with E-state index in [9.17, 15) is 18.0 Å². The zero-order valence-electron chi connectivity index (χ0n) is 8.45. The van der Waals surface area contributed by atoms with E-state index < -0.39 is 23.8 Å². The van der Waals surface area contributed by atoms with Gasteiger partial charge < -0.3 is 5.11 Å². The molecular formula is C10H10F3NO2. The lowest BCUT2D eigenvalue weighted by atomic mass is 10.0.